The second-order valence-corrected chi connectivity index (χ2v) is 7.34. The van der Waals surface area contributed by atoms with Gasteiger partial charge in [-0.25, -0.2) is 9.97 Å². The van der Waals surface area contributed by atoms with E-state index in [2.05, 4.69) is 20.6 Å². The summed E-state index contributed by atoms with van der Waals surface area (Å²) in [4.78, 5) is 20.9. The maximum atomic E-state index is 12.3. The molecule has 0 unspecified atom stereocenters. The van der Waals surface area contributed by atoms with E-state index in [0.717, 1.165) is 22.2 Å². The minimum Gasteiger partial charge on any atom is -0.340 e. The third-order valence-corrected chi connectivity index (χ3v) is 4.77. The predicted molar refractivity (Wildman–Crippen MR) is 123 cm³/mol. The molecule has 0 aliphatic carbocycles. The van der Waals surface area contributed by atoms with Gasteiger partial charge in [0, 0.05) is 32.9 Å². The lowest BCUT2D eigenvalue weighted by molar-refractivity contribution is -0.111. The van der Waals surface area contributed by atoms with Gasteiger partial charge >= 0.3 is 0 Å². The normalized spacial score (nSPS) is 11.0. The molecule has 0 aliphatic rings. The van der Waals surface area contributed by atoms with Crippen LogP contribution in [0.1, 0.15) is 5.56 Å². The monoisotopic (exact) mass is 434 g/mol. The van der Waals surface area contributed by atoms with Crippen molar-refractivity contribution in [2.24, 2.45) is 0 Å². The molecule has 0 aliphatic heterocycles. The Balaban J connectivity index is 1.54. The number of hydrogen-bond donors (Lipinski definition) is 2. The Kier molecular flexibility index (Phi) is 5.93. The molecule has 7 heteroatoms. The van der Waals surface area contributed by atoms with Gasteiger partial charge in [-0.15, -0.1) is 0 Å². The molecule has 30 heavy (non-hydrogen) atoms. The molecule has 1 aromatic heterocycles. The highest BCUT2D eigenvalue weighted by Crippen LogP contribution is 2.26. The summed E-state index contributed by atoms with van der Waals surface area (Å²) in [7, 11) is 0. The van der Waals surface area contributed by atoms with Crippen molar-refractivity contribution >= 4 is 63.3 Å². The highest BCUT2D eigenvalue weighted by Gasteiger charge is 2.07. The van der Waals surface area contributed by atoms with E-state index >= 15 is 0 Å². The smallest absolute Gasteiger partial charge is 0.248 e. The zero-order valence-corrected chi connectivity index (χ0v) is 17.2. The van der Waals surface area contributed by atoms with Crippen molar-refractivity contribution in [3.8, 4) is 0 Å². The summed E-state index contributed by atoms with van der Waals surface area (Å²) in [6.45, 7) is 0. The molecule has 4 aromatic rings. The highest BCUT2D eigenvalue weighted by molar-refractivity contribution is 6.31. The lowest BCUT2D eigenvalue weighted by atomic mass is 10.2. The van der Waals surface area contributed by atoms with Gasteiger partial charge in [0.25, 0.3) is 0 Å². The Morgan fingerprint density at radius 1 is 0.867 bits per heavy atom. The molecule has 0 radical (unpaired) electrons. The second-order valence-electron chi connectivity index (χ2n) is 6.46. The van der Waals surface area contributed by atoms with Crippen LogP contribution in [0.25, 0.3) is 17.0 Å². The minimum atomic E-state index is -0.245. The van der Waals surface area contributed by atoms with Crippen molar-refractivity contribution in [1.29, 1.82) is 0 Å². The fraction of sp³-hybridized carbons (Fsp3) is 0. The molecule has 3 aromatic carbocycles. The number of anilines is 3. The molecule has 0 atom stereocenters. The lowest BCUT2D eigenvalue weighted by Crippen LogP contribution is -2.07. The second kappa shape index (κ2) is 8.95. The average Bonchev–Trinajstić information content (AvgIpc) is 2.74. The molecule has 148 valence electrons. The van der Waals surface area contributed by atoms with Gasteiger partial charge in [0.1, 0.15) is 12.1 Å². The summed E-state index contributed by atoms with van der Waals surface area (Å²) in [5.74, 6) is 0.376. The van der Waals surface area contributed by atoms with Gasteiger partial charge in [-0.1, -0.05) is 41.4 Å². The molecule has 0 saturated carbocycles. The quantitative estimate of drug-likeness (QED) is 0.360. The van der Waals surface area contributed by atoms with Crippen molar-refractivity contribution < 1.29 is 4.79 Å². The highest BCUT2D eigenvalue weighted by atomic mass is 35.5. The first-order chi connectivity index (χ1) is 14.6. The first kappa shape index (κ1) is 19.9. The van der Waals surface area contributed by atoms with Crippen LogP contribution in [0.4, 0.5) is 17.2 Å². The van der Waals surface area contributed by atoms with E-state index in [1.54, 1.807) is 30.3 Å². The third-order valence-electron chi connectivity index (χ3n) is 4.29. The number of carbonyl (C=O) groups is 1. The van der Waals surface area contributed by atoms with Crippen molar-refractivity contribution in [1.82, 2.24) is 9.97 Å². The summed E-state index contributed by atoms with van der Waals surface area (Å²) >= 11 is 11.9. The molecule has 0 fully saturated rings. The molecule has 0 spiro atoms. The summed E-state index contributed by atoms with van der Waals surface area (Å²) < 4.78 is 0. The maximum absolute atomic E-state index is 12.3. The van der Waals surface area contributed by atoms with Crippen LogP contribution in [-0.4, -0.2) is 15.9 Å². The number of halogens is 2. The van der Waals surface area contributed by atoms with Gasteiger partial charge in [0.2, 0.25) is 5.91 Å². The zero-order valence-electron chi connectivity index (χ0n) is 15.6. The van der Waals surface area contributed by atoms with Crippen molar-refractivity contribution in [3.63, 3.8) is 0 Å². The number of amides is 1. The molecular formula is C23H16Cl2N4O. The van der Waals surface area contributed by atoms with Crippen LogP contribution in [-0.2, 0) is 4.79 Å². The number of fused-ring (bicyclic) bond motifs is 1. The van der Waals surface area contributed by atoms with Gasteiger partial charge in [0.05, 0.1) is 5.52 Å². The van der Waals surface area contributed by atoms with Crippen molar-refractivity contribution in [3.05, 3.63) is 94.7 Å². The van der Waals surface area contributed by atoms with Crippen LogP contribution in [0.15, 0.2) is 79.1 Å². The van der Waals surface area contributed by atoms with Gasteiger partial charge in [-0.3, -0.25) is 4.79 Å². The van der Waals surface area contributed by atoms with E-state index in [1.807, 2.05) is 42.5 Å². The van der Waals surface area contributed by atoms with E-state index in [0.29, 0.717) is 21.6 Å². The third kappa shape index (κ3) is 4.95. The lowest BCUT2D eigenvalue weighted by Gasteiger charge is -2.10. The van der Waals surface area contributed by atoms with Crippen molar-refractivity contribution in [2.75, 3.05) is 10.6 Å². The van der Waals surface area contributed by atoms with Crippen molar-refractivity contribution in [2.45, 2.75) is 0 Å². The number of aromatic nitrogens is 2. The summed E-state index contributed by atoms with van der Waals surface area (Å²) in [6.07, 6.45) is 4.68. The molecular weight excluding hydrogens is 419 g/mol. The van der Waals surface area contributed by atoms with Crippen LogP contribution in [0.2, 0.25) is 10.0 Å². The number of carbonyl (C=O) groups excluding carboxylic acids is 1. The summed E-state index contributed by atoms with van der Waals surface area (Å²) in [5.41, 5.74) is 3.08. The first-order valence-corrected chi connectivity index (χ1v) is 9.84. The Hall–Kier alpha value is -3.41. The maximum Gasteiger partial charge on any atom is 0.248 e. The van der Waals surface area contributed by atoms with Crippen LogP contribution < -0.4 is 10.6 Å². The minimum absolute atomic E-state index is 0.245. The van der Waals surface area contributed by atoms with E-state index in [9.17, 15) is 4.79 Å². The number of rotatable bonds is 5. The van der Waals surface area contributed by atoms with E-state index < -0.39 is 0 Å². The molecule has 1 heterocycles. The zero-order chi connectivity index (χ0) is 20.9. The number of hydrogen-bond acceptors (Lipinski definition) is 4. The van der Waals surface area contributed by atoms with E-state index in [-0.39, 0.29) is 5.91 Å². The predicted octanol–water partition coefficient (Wildman–Crippen LogP) is 6.33. The van der Waals surface area contributed by atoms with Gasteiger partial charge < -0.3 is 10.6 Å². The average molecular weight is 435 g/mol. The fourth-order valence-electron chi connectivity index (χ4n) is 2.87. The van der Waals surface area contributed by atoms with E-state index in [4.69, 9.17) is 23.2 Å². The van der Waals surface area contributed by atoms with E-state index in [1.165, 1.54) is 12.4 Å². The molecule has 1 amide bonds. The number of nitrogens with one attached hydrogen (secondary N) is 2. The van der Waals surface area contributed by atoms with Gasteiger partial charge in [0.15, 0.2) is 0 Å². The Morgan fingerprint density at radius 3 is 2.50 bits per heavy atom. The van der Waals surface area contributed by atoms with Crippen LogP contribution in [0, 0.1) is 0 Å². The molecule has 0 bridgehead atoms. The topological polar surface area (TPSA) is 66.9 Å². The Morgan fingerprint density at radius 2 is 1.70 bits per heavy atom. The van der Waals surface area contributed by atoms with Crippen LogP contribution in [0.5, 0.6) is 0 Å². The summed E-state index contributed by atoms with van der Waals surface area (Å²) in [6, 6.07) is 20.0. The first-order valence-electron chi connectivity index (χ1n) is 9.09. The number of nitrogens with zero attached hydrogens (tertiary/aromatic N) is 2. The van der Waals surface area contributed by atoms with Crippen LogP contribution in [0.3, 0.4) is 0 Å². The number of benzene rings is 3. The SMILES string of the molecule is O=C(C=Cc1ccc(Cl)cc1)Nc1ccc2ncnc(Nc3cccc(Cl)c3)c2c1. The van der Waals surface area contributed by atoms with Gasteiger partial charge in [-0.05, 0) is 60.2 Å². The fourth-order valence-corrected chi connectivity index (χ4v) is 3.18. The Bertz CT molecular complexity index is 1240. The summed E-state index contributed by atoms with van der Waals surface area (Å²) in [5, 5.41) is 8.16. The molecule has 0 saturated heterocycles. The molecule has 2 N–H and O–H groups in total. The largest absolute Gasteiger partial charge is 0.340 e. The van der Waals surface area contributed by atoms with Crippen LogP contribution >= 0.6 is 23.2 Å². The van der Waals surface area contributed by atoms with Gasteiger partial charge in [-0.2, -0.15) is 0 Å². The molecule has 5 nitrogen and oxygen atoms in total. The molecule has 4 rings (SSSR count). The standard InChI is InChI=1S/C23H16Cl2N4O/c24-16-7-4-15(5-8-16)6-11-22(30)28-19-9-10-21-20(13-19)23(27-14-26-21)29-18-3-1-2-17(25)12-18/h1-14H,(H,28,30)(H,26,27,29). The Labute approximate surface area is 183 Å².